The third kappa shape index (κ3) is 3.46. The van der Waals surface area contributed by atoms with E-state index in [9.17, 15) is 4.39 Å². The zero-order valence-corrected chi connectivity index (χ0v) is 12.7. The Balaban J connectivity index is 2.03. The van der Waals surface area contributed by atoms with Gasteiger partial charge in [0.1, 0.15) is 5.82 Å². The highest BCUT2D eigenvalue weighted by atomic mass is 79.9. The number of nitrogens with one attached hydrogen (secondary N) is 1. The number of hydrogen-bond acceptors (Lipinski definition) is 1. The fourth-order valence-corrected chi connectivity index (χ4v) is 3.32. The van der Waals surface area contributed by atoms with Crippen LogP contribution in [0.1, 0.15) is 37.7 Å². The fraction of sp³-hybridized carbons (Fsp3) is 0.571. The Morgan fingerprint density at radius 1 is 1.28 bits per heavy atom. The standard InChI is InChI=1S/C14H18BrClFN/c15-12-4-5-13(17)11(8-12)9-18-14(10-16)6-2-1-3-7-14/h4-5,8,18H,1-3,6-7,9-10H2. The zero-order chi connectivity index (χ0) is 13.0. The second-order valence-corrected chi connectivity index (χ2v) is 6.25. The van der Waals surface area contributed by atoms with Crippen LogP contribution in [-0.4, -0.2) is 11.4 Å². The maximum absolute atomic E-state index is 13.7. The molecule has 0 spiro atoms. The molecule has 0 saturated heterocycles. The van der Waals surface area contributed by atoms with Gasteiger partial charge in [0.05, 0.1) is 0 Å². The molecule has 0 unspecified atom stereocenters. The lowest BCUT2D eigenvalue weighted by molar-refractivity contribution is 0.255. The van der Waals surface area contributed by atoms with Crippen LogP contribution < -0.4 is 5.32 Å². The molecule has 1 aromatic carbocycles. The lowest BCUT2D eigenvalue weighted by Gasteiger charge is -2.36. The first-order valence-corrected chi connectivity index (χ1v) is 7.73. The van der Waals surface area contributed by atoms with E-state index >= 15 is 0 Å². The Kier molecular flexibility index (Phi) is 5.05. The number of alkyl halides is 1. The highest BCUT2D eigenvalue weighted by Gasteiger charge is 2.30. The molecule has 0 atom stereocenters. The van der Waals surface area contributed by atoms with Crippen molar-refractivity contribution in [2.24, 2.45) is 0 Å². The van der Waals surface area contributed by atoms with Gasteiger partial charge >= 0.3 is 0 Å². The smallest absolute Gasteiger partial charge is 0.127 e. The topological polar surface area (TPSA) is 12.0 Å². The molecule has 0 amide bonds. The van der Waals surface area contributed by atoms with Gasteiger partial charge in [0.25, 0.3) is 0 Å². The highest BCUT2D eigenvalue weighted by Crippen LogP contribution is 2.30. The van der Waals surface area contributed by atoms with Gasteiger partial charge in [-0.25, -0.2) is 4.39 Å². The summed E-state index contributed by atoms with van der Waals surface area (Å²) in [7, 11) is 0. The van der Waals surface area contributed by atoms with Crippen molar-refractivity contribution in [3.63, 3.8) is 0 Å². The van der Waals surface area contributed by atoms with Crippen LogP contribution in [0, 0.1) is 5.82 Å². The van der Waals surface area contributed by atoms with E-state index < -0.39 is 0 Å². The van der Waals surface area contributed by atoms with Crippen molar-refractivity contribution in [1.29, 1.82) is 0 Å². The van der Waals surface area contributed by atoms with E-state index in [4.69, 9.17) is 11.6 Å². The van der Waals surface area contributed by atoms with E-state index in [0.29, 0.717) is 18.0 Å². The second kappa shape index (κ2) is 6.36. The first-order valence-electron chi connectivity index (χ1n) is 6.40. The fourth-order valence-electron chi connectivity index (χ4n) is 2.55. The highest BCUT2D eigenvalue weighted by molar-refractivity contribution is 9.10. The Morgan fingerprint density at radius 2 is 2.00 bits per heavy atom. The molecule has 1 saturated carbocycles. The molecule has 4 heteroatoms. The Labute approximate surface area is 121 Å². The monoisotopic (exact) mass is 333 g/mol. The summed E-state index contributed by atoms with van der Waals surface area (Å²) in [4.78, 5) is 0. The Bertz CT molecular complexity index is 405. The van der Waals surface area contributed by atoms with Crippen molar-refractivity contribution in [3.8, 4) is 0 Å². The summed E-state index contributed by atoms with van der Waals surface area (Å²) < 4.78 is 14.6. The predicted octanol–water partition coefficient (Wildman–Crippen LogP) is 4.62. The van der Waals surface area contributed by atoms with E-state index in [1.807, 2.05) is 6.07 Å². The molecule has 1 aromatic rings. The maximum atomic E-state index is 13.7. The van der Waals surface area contributed by atoms with Crippen molar-refractivity contribution < 1.29 is 4.39 Å². The Hall–Kier alpha value is -0.120. The predicted molar refractivity (Wildman–Crippen MR) is 77.5 cm³/mol. The molecule has 0 aromatic heterocycles. The molecule has 1 fully saturated rings. The van der Waals surface area contributed by atoms with E-state index in [1.165, 1.54) is 25.3 Å². The van der Waals surface area contributed by atoms with Gasteiger partial charge in [0, 0.05) is 28.0 Å². The normalized spacial score (nSPS) is 18.8. The molecule has 1 N–H and O–H groups in total. The zero-order valence-electron chi connectivity index (χ0n) is 10.3. The third-order valence-corrected chi connectivity index (χ3v) is 4.73. The first kappa shape index (κ1) is 14.3. The van der Waals surface area contributed by atoms with Crippen LogP contribution in [0.2, 0.25) is 0 Å². The molecule has 1 aliphatic rings. The van der Waals surface area contributed by atoms with E-state index in [2.05, 4.69) is 21.2 Å². The molecule has 18 heavy (non-hydrogen) atoms. The van der Waals surface area contributed by atoms with E-state index in [1.54, 1.807) is 6.07 Å². The maximum Gasteiger partial charge on any atom is 0.127 e. The van der Waals surface area contributed by atoms with Crippen LogP contribution >= 0.6 is 27.5 Å². The summed E-state index contributed by atoms with van der Waals surface area (Å²) in [5.41, 5.74) is 0.689. The van der Waals surface area contributed by atoms with E-state index in [0.717, 1.165) is 17.3 Å². The number of halogens is 3. The average Bonchev–Trinajstić information content (AvgIpc) is 2.41. The minimum absolute atomic E-state index is 0.00539. The van der Waals surface area contributed by atoms with Crippen LogP contribution in [-0.2, 0) is 6.54 Å². The SMILES string of the molecule is Fc1ccc(Br)cc1CNC1(CCl)CCCCC1. The van der Waals surface area contributed by atoms with Gasteiger partial charge in [-0.05, 0) is 31.0 Å². The summed E-state index contributed by atoms with van der Waals surface area (Å²) in [6.45, 7) is 0.540. The molecule has 0 heterocycles. The summed E-state index contributed by atoms with van der Waals surface area (Å²) in [6.07, 6.45) is 5.88. The lowest BCUT2D eigenvalue weighted by atomic mass is 9.83. The summed E-state index contributed by atoms with van der Waals surface area (Å²) >= 11 is 9.48. The molecular formula is C14H18BrClFN. The molecule has 0 radical (unpaired) electrons. The largest absolute Gasteiger partial charge is 0.306 e. The first-order chi connectivity index (χ1) is 8.65. The Morgan fingerprint density at radius 3 is 2.67 bits per heavy atom. The molecule has 2 rings (SSSR count). The van der Waals surface area contributed by atoms with Crippen LogP contribution in [0.3, 0.4) is 0 Å². The van der Waals surface area contributed by atoms with Crippen molar-refractivity contribution in [3.05, 3.63) is 34.1 Å². The van der Waals surface area contributed by atoms with Gasteiger partial charge in [-0.2, -0.15) is 0 Å². The van der Waals surface area contributed by atoms with Crippen LogP contribution in [0.15, 0.2) is 22.7 Å². The van der Waals surface area contributed by atoms with Crippen molar-refractivity contribution in [1.82, 2.24) is 5.32 Å². The number of benzene rings is 1. The second-order valence-electron chi connectivity index (χ2n) is 5.06. The summed E-state index contributed by atoms with van der Waals surface area (Å²) in [5.74, 6) is 0.439. The third-order valence-electron chi connectivity index (χ3n) is 3.73. The van der Waals surface area contributed by atoms with Crippen molar-refractivity contribution in [2.45, 2.75) is 44.2 Å². The van der Waals surface area contributed by atoms with Gasteiger partial charge in [-0.3, -0.25) is 0 Å². The van der Waals surface area contributed by atoms with Crippen LogP contribution in [0.4, 0.5) is 4.39 Å². The number of rotatable bonds is 4. The van der Waals surface area contributed by atoms with Gasteiger partial charge in [0.2, 0.25) is 0 Å². The van der Waals surface area contributed by atoms with Gasteiger partial charge in [0.15, 0.2) is 0 Å². The summed E-state index contributed by atoms with van der Waals surface area (Å²) in [6, 6.07) is 5.04. The van der Waals surface area contributed by atoms with Crippen molar-refractivity contribution >= 4 is 27.5 Å². The molecule has 1 nitrogen and oxygen atoms in total. The molecule has 100 valence electrons. The lowest BCUT2D eigenvalue weighted by Crippen LogP contribution is -2.48. The molecule has 1 aliphatic carbocycles. The molecular weight excluding hydrogens is 317 g/mol. The van der Waals surface area contributed by atoms with Crippen molar-refractivity contribution in [2.75, 3.05) is 5.88 Å². The number of hydrogen-bond donors (Lipinski definition) is 1. The summed E-state index contributed by atoms with van der Waals surface area (Å²) in [5, 5.41) is 3.48. The van der Waals surface area contributed by atoms with E-state index in [-0.39, 0.29) is 11.4 Å². The minimum Gasteiger partial charge on any atom is -0.306 e. The minimum atomic E-state index is -0.161. The molecule has 0 bridgehead atoms. The molecule has 0 aliphatic heterocycles. The van der Waals surface area contributed by atoms with Crippen LogP contribution in [0.5, 0.6) is 0 Å². The average molecular weight is 335 g/mol. The van der Waals surface area contributed by atoms with Crippen LogP contribution in [0.25, 0.3) is 0 Å². The van der Waals surface area contributed by atoms with Gasteiger partial charge in [-0.1, -0.05) is 35.2 Å². The quantitative estimate of drug-likeness (QED) is 0.792. The van der Waals surface area contributed by atoms with Gasteiger partial charge in [-0.15, -0.1) is 11.6 Å². The van der Waals surface area contributed by atoms with Gasteiger partial charge < -0.3 is 5.32 Å².